The largest absolute Gasteiger partial charge is 0.452 e. The minimum atomic E-state index is -0.763. The molecule has 0 saturated carbocycles. The molecule has 0 atom stereocenters. The van der Waals surface area contributed by atoms with Crippen molar-refractivity contribution in [3.05, 3.63) is 82.9 Å². The number of halogens is 2. The lowest BCUT2D eigenvalue weighted by molar-refractivity contribution is -0.143. The summed E-state index contributed by atoms with van der Waals surface area (Å²) in [7, 11) is 0. The lowest BCUT2D eigenvalue weighted by Crippen LogP contribution is -2.37. The van der Waals surface area contributed by atoms with Gasteiger partial charge < -0.3 is 15.4 Å². The van der Waals surface area contributed by atoms with Crippen LogP contribution in [0.3, 0.4) is 0 Å². The third-order valence-corrected chi connectivity index (χ3v) is 5.16. The maximum Gasteiger partial charge on any atom is 0.331 e. The fraction of sp³-hybridized carbons (Fsp3) is 0.167. The topological polar surface area (TPSA) is 108 Å². The highest BCUT2D eigenvalue weighted by Gasteiger charge is 2.18. The molecule has 3 aromatic rings. The van der Waals surface area contributed by atoms with Crippen LogP contribution in [0.25, 0.3) is 11.8 Å². The number of benzene rings is 2. The first-order valence-electron chi connectivity index (χ1n) is 10.3. The number of anilines is 1. The van der Waals surface area contributed by atoms with Crippen LogP contribution in [0, 0.1) is 12.7 Å². The Morgan fingerprint density at radius 1 is 1.15 bits per heavy atom. The van der Waals surface area contributed by atoms with Crippen LogP contribution in [0.5, 0.6) is 0 Å². The zero-order valence-electron chi connectivity index (χ0n) is 18.3. The standard InChI is InChI=1S/C24H22ClFN4O4/c1-16-20(24(25)30(28-16)19-9-7-17(26)8-10-19)11-12-23(33)34-15-22(32)29(14-13-21(27)31)18-5-3-2-4-6-18/h2-12H,13-15H2,1H3,(H2,27,31)/b12-11+. The first-order chi connectivity index (χ1) is 16.3. The van der Waals surface area contributed by atoms with E-state index < -0.39 is 24.4 Å². The molecule has 2 N–H and O–H groups in total. The van der Waals surface area contributed by atoms with Gasteiger partial charge in [0.25, 0.3) is 5.91 Å². The van der Waals surface area contributed by atoms with Gasteiger partial charge in [-0.1, -0.05) is 29.8 Å². The van der Waals surface area contributed by atoms with Crippen molar-refractivity contribution in [1.29, 1.82) is 0 Å². The van der Waals surface area contributed by atoms with E-state index in [0.717, 1.165) is 6.08 Å². The van der Waals surface area contributed by atoms with Crippen LogP contribution in [0.4, 0.5) is 10.1 Å². The molecule has 1 aromatic heterocycles. The summed E-state index contributed by atoms with van der Waals surface area (Å²) in [5.41, 5.74) is 7.32. The summed E-state index contributed by atoms with van der Waals surface area (Å²) < 4.78 is 19.7. The summed E-state index contributed by atoms with van der Waals surface area (Å²) in [5, 5.41) is 4.54. The lowest BCUT2D eigenvalue weighted by Gasteiger charge is -2.22. The zero-order chi connectivity index (χ0) is 24.7. The average molecular weight is 485 g/mol. The predicted octanol–water partition coefficient (Wildman–Crippen LogP) is 3.44. The molecule has 0 unspecified atom stereocenters. The summed E-state index contributed by atoms with van der Waals surface area (Å²) in [6, 6.07) is 14.3. The number of nitrogens with two attached hydrogens (primary N) is 1. The molecule has 10 heteroatoms. The molecular formula is C24H22ClFN4O4. The van der Waals surface area contributed by atoms with E-state index in [4.69, 9.17) is 22.1 Å². The number of rotatable bonds is 9. The third kappa shape index (κ3) is 6.29. The van der Waals surface area contributed by atoms with Crippen molar-refractivity contribution in [3.8, 4) is 5.69 Å². The maximum atomic E-state index is 13.2. The van der Waals surface area contributed by atoms with Gasteiger partial charge in [0, 0.05) is 30.3 Å². The summed E-state index contributed by atoms with van der Waals surface area (Å²) in [6.07, 6.45) is 2.53. The number of esters is 1. The molecule has 176 valence electrons. The maximum absolute atomic E-state index is 13.2. The second kappa shape index (κ2) is 11.2. The Morgan fingerprint density at radius 2 is 1.82 bits per heavy atom. The average Bonchev–Trinajstić information content (AvgIpc) is 3.10. The van der Waals surface area contributed by atoms with Crippen molar-refractivity contribution in [2.45, 2.75) is 13.3 Å². The normalized spacial score (nSPS) is 10.9. The van der Waals surface area contributed by atoms with Crippen LogP contribution in [0.2, 0.25) is 5.15 Å². The first kappa shape index (κ1) is 24.7. The summed E-state index contributed by atoms with van der Waals surface area (Å²) in [5.74, 6) is -2.21. The molecule has 1 heterocycles. The molecule has 0 aliphatic carbocycles. The molecule has 0 aliphatic rings. The Kier molecular flexibility index (Phi) is 8.15. The van der Waals surface area contributed by atoms with E-state index in [1.54, 1.807) is 37.3 Å². The van der Waals surface area contributed by atoms with Crippen molar-refractivity contribution in [2.75, 3.05) is 18.1 Å². The summed E-state index contributed by atoms with van der Waals surface area (Å²) in [6.45, 7) is 1.23. The van der Waals surface area contributed by atoms with Crippen molar-refractivity contribution in [1.82, 2.24) is 9.78 Å². The van der Waals surface area contributed by atoms with E-state index in [1.165, 1.54) is 39.9 Å². The second-order valence-electron chi connectivity index (χ2n) is 7.22. The molecule has 8 nitrogen and oxygen atoms in total. The number of primary amides is 1. The fourth-order valence-corrected chi connectivity index (χ4v) is 3.43. The summed E-state index contributed by atoms with van der Waals surface area (Å²) >= 11 is 6.39. The minimum absolute atomic E-state index is 0.0374. The van der Waals surface area contributed by atoms with Crippen LogP contribution in [-0.4, -0.2) is 40.7 Å². The van der Waals surface area contributed by atoms with Crippen LogP contribution in [0.1, 0.15) is 17.7 Å². The van der Waals surface area contributed by atoms with E-state index in [2.05, 4.69) is 5.10 Å². The molecule has 34 heavy (non-hydrogen) atoms. The van der Waals surface area contributed by atoms with Gasteiger partial charge in [-0.2, -0.15) is 5.10 Å². The number of nitrogens with zero attached hydrogens (tertiary/aromatic N) is 3. The number of carbonyl (C=O) groups is 3. The molecule has 0 fully saturated rings. The van der Waals surface area contributed by atoms with Gasteiger partial charge in [0.1, 0.15) is 11.0 Å². The molecule has 0 radical (unpaired) electrons. The van der Waals surface area contributed by atoms with Crippen LogP contribution >= 0.6 is 11.6 Å². The minimum Gasteiger partial charge on any atom is -0.452 e. The molecule has 0 saturated heterocycles. The van der Waals surface area contributed by atoms with E-state index in [0.29, 0.717) is 22.6 Å². The lowest BCUT2D eigenvalue weighted by atomic mass is 10.2. The smallest absolute Gasteiger partial charge is 0.331 e. The number of hydrogen-bond donors (Lipinski definition) is 1. The highest BCUT2D eigenvalue weighted by molar-refractivity contribution is 6.31. The quantitative estimate of drug-likeness (QED) is 0.370. The number of para-hydroxylation sites is 1. The summed E-state index contributed by atoms with van der Waals surface area (Å²) in [4.78, 5) is 37.3. The second-order valence-corrected chi connectivity index (χ2v) is 7.57. The number of aryl methyl sites for hydroxylation is 1. The van der Waals surface area contributed by atoms with Gasteiger partial charge in [-0.3, -0.25) is 9.59 Å². The SMILES string of the molecule is Cc1nn(-c2ccc(F)cc2)c(Cl)c1/C=C/C(=O)OCC(=O)N(CCC(N)=O)c1ccccc1. The van der Waals surface area contributed by atoms with Crippen molar-refractivity contribution in [2.24, 2.45) is 5.73 Å². The highest BCUT2D eigenvalue weighted by atomic mass is 35.5. The molecule has 3 rings (SSSR count). The Labute approximate surface area is 200 Å². The molecule has 2 aromatic carbocycles. The molecule has 0 bridgehead atoms. The first-order valence-corrected chi connectivity index (χ1v) is 10.6. The van der Waals surface area contributed by atoms with E-state index >= 15 is 0 Å². The van der Waals surface area contributed by atoms with Gasteiger partial charge in [0.05, 0.1) is 11.4 Å². The number of aromatic nitrogens is 2. The van der Waals surface area contributed by atoms with Gasteiger partial charge in [-0.15, -0.1) is 0 Å². The number of ether oxygens (including phenoxy) is 1. The van der Waals surface area contributed by atoms with Crippen molar-refractivity contribution >= 4 is 41.1 Å². The molecule has 2 amide bonds. The Hall–Kier alpha value is -3.98. The van der Waals surface area contributed by atoms with Gasteiger partial charge >= 0.3 is 5.97 Å². The van der Waals surface area contributed by atoms with Gasteiger partial charge in [-0.25, -0.2) is 13.9 Å². The Bertz CT molecular complexity index is 1210. The van der Waals surface area contributed by atoms with Crippen molar-refractivity contribution in [3.63, 3.8) is 0 Å². The molecule has 0 aliphatic heterocycles. The van der Waals surface area contributed by atoms with Gasteiger partial charge in [0.2, 0.25) is 5.91 Å². The molecular weight excluding hydrogens is 463 g/mol. The Balaban J connectivity index is 1.66. The number of amides is 2. The van der Waals surface area contributed by atoms with E-state index in [1.807, 2.05) is 0 Å². The van der Waals surface area contributed by atoms with Crippen LogP contribution in [0.15, 0.2) is 60.7 Å². The van der Waals surface area contributed by atoms with Crippen molar-refractivity contribution < 1.29 is 23.5 Å². The van der Waals surface area contributed by atoms with Gasteiger partial charge in [0.15, 0.2) is 6.61 Å². The highest BCUT2D eigenvalue weighted by Crippen LogP contribution is 2.25. The van der Waals surface area contributed by atoms with E-state index in [-0.39, 0.29) is 23.9 Å². The van der Waals surface area contributed by atoms with E-state index in [9.17, 15) is 18.8 Å². The fourth-order valence-electron chi connectivity index (χ4n) is 3.09. The predicted molar refractivity (Wildman–Crippen MR) is 126 cm³/mol. The van der Waals surface area contributed by atoms with Gasteiger partial charge in [-0.05, 0) is 49.4 Å². The Morgan fingerprint density at radius 3 is 2.47 bits per heavy atom. The van der Waals surface area contributed by atoms with Crippen LogP contribution < -0.4 is 10.6 Å². The third-order valence-electron chi connectivity index (χ3n) is 4.79. The number of hydrogen-bond acceptors (Lipinski definition) is 5. The zero-order valence-corrected chi connectivity index (χ0v) is 19.0. The molecule has 0 spiro atoms. The van der Waals surface area contributed by atoms with Crippen LogP contribution in [-0.2, 0) is 19.1 Å². The number of carbonyl (C=O) groups excluding carboxylic acids is 3. The monoisotopic (exact) mass is 484 g/mol.